The number of rotatable bonds is 7. The number of nitrogens with one attached hydrogen (secondary N) is 4. The van der Waals surface area contributed by atoms with Crippen LogP contribution in [0.5, 0.6) is 0 Å². The second kappa shape index (κ2) is 10.2. The smallest absolute Gasteiger partial charge is 0.251 e. The van der Waals surface area contributed by atoms with Gasteiger partial charge < -0.3 is 15.3 Å². The number of amides is 2. The van der Waals surface area contributed by atoms with Gasteiger partial charge in [-0.2, -0.15) is 0 Å². The summed E-state index contributed by atoms with van der Waals surface area (Å²) in [5, 5.41) is 7.59. The van der Waals surface area contributed by atoms with E-state index in [1.165, 1.54) is 30.5 Å². The molecular formula is C29H22FN7O2. The summed E-state index contributed by atoms with van der Waals surface area (Å²) in [6, 6.07) is 20.6. The van der Waals surface area contributed by atoms with E-state index in [1.54, 1.807) is 30.6 Å². The summed E-state index contributed by atoms with van der Waals surface area (Å²) in [5.41, 5.74) is 3.02. The molecule has 6 aromatic rings. The Morgan fingerprint density at radius 2 is 1.77 bits per heavy atom. The maximum atomic E-state index is 13.5. The van der Waals surface area contributed by atoms with Crippen LogP contribution in [-0.4, -0.2) is 43.3 Å². The molecule has 4 N–H and O–H groups in total. The first-order valence-electron chi connectivity index (χ1n) is 12.2. The van der Waals surface area contributed by atoms with E-state index in [1.807, 2.05) is 30.3 Å². The summed E-state index contributed by atoms with van der Waals surface area (Å²) < 4.78 is 13.5. The predicted octanol–water partition coefficient (Wildman–Crippen LogP) is 4.79. The summed E-state index contributed by atoms with van der Waals surface area (Å²) in [5.74, 6) is -1.08. The first-order valence-corrected chi connectivity index (χ1v) is 12.2. The van der Waals surface area contributed by atoms with Crippen LogP contribution in [-0.2, 0) is 4.79 Å². The van der Waals surface area contributed by atoms with Crippen LogP contribution in [0.3, 0.4) is 0 Å². The van der Waals surface area contributed by atoms with Crippen molar-refractivity contribution < 1.29 is 14.0 Å². The van der Waals surface area contributed by atoms with E-state index in [0.29, 0.717) is 33.7 Å². The van der Waals surface area contributed by atoms with Crippen LogP contribution in [0.25, 0.3) is 33.3 Å². The van der Waals surface area contributed by atoms with Gasteiger partial charge in [0.2, 0.25) is 11.9 Å². The fourth-order valence-electron chi connectivity index (χ4n) is 4.38. The number of carbonyl (C=O) groups excluding carboxylic acids is 2. The molecular weight excluding hydrogens is 497 g/mol. The molecule has 3 aromatic carbocycles. The van der Waals surface area contributed by atoms with Gasteiger partial charge in [-0.3, -0.25) is 19.9 Å². The van der Waals surface area contributed by atoms with Gasteiger partial charge in [-0.05, 0) is 47.3 Å². The summed E-state index contributed by atoms with van der Waals surface area (Å²) in [6.45, 7) is -0.00964. The van der Waals surface area contributed by atoms with Crippen LogP contribution in [0.15, 0.2) is 91.4 Å². The third kappa shape index (κ3) is 5.08. The van der Waals surface area contributed by atoms with Crippen molar-refractivity contribution in [2.45, 2.75) is 5.92 Å². The van der Waals surface area contributed by atoms with Crippen molar-refractivity contribution in [3.05, 3.63) is 108 Å². The van der Waals surface area contributed by atoms with Crippen molar-refractivity contribution >= 4 is 39.6 Å². The van der Waals surface area contributed by atoms with E-state index in [4.69, 9.17) is 0 Å². The van der Waals surface area contributed by atoms with E-state index in [0.717, 1.165) is 10.8 Å². The van der Waals surface area contributed by atoms with Crippen LogP contribution in [0, 0.1) is 5.82 Å². The normalized spacial score (nSPS) is 11.9. The molecule has 192 valence electrons. The first kappa shape index (κ1) is 24.0. The molecule has 39 heavy (non-hydrogen) atoms. The minimum Gasteiger partial charge on any atom is -0.351 e. The molecule has 2 amide bonds. The Balaban J connectivity index is 1.21. The van der Waals surface area contributed by atoms with Crippen molar-refractivity contribution in [2.75, 3.05) is 11.9 Å². The molecule has 9 nitrogen and oxygen atoms in total. The summed E-state index contributed by atoms with van der Waals surface area (Å²) in [4.78, 5) is 45.3. The van der Waals surface area contributed by atoms with Crippen molar-refractivity contribution in [3.63, 3.8) is 0 Å². The van der Waals surface area contributed by atoms with Crippen molar-refractivity contribution in [1.82, 2.24) is 30.2 Å². The number of hydrogen-bond donors (Lipinski definition) is 4. The monoisotopic (exact) mass is 519 g/mol. The van der Waals surface area contributed by atoms with Gasteiger partial charge in [-0.15, -0.1) is 0 Å². The van der Waals surface area contributed by atoms with E-state index in [2.05, 4.69) is 35.6 Å². The molecule has 6 rings (SSSR count). The molecule has 0 saturated carbocycles. The number of hydrogen-bond acceptors (Lipinski definition) is 5. The van der Waals surface area contributed by atoms with Gasteiger partial charge in [-0.25, -0.2) is 14.4 Å². The Hall–Kier alpha value is -5.38. The molecule has 10 heteroatoms. The number of pyridine rings is 1. The van der Waals surface area contributed by atoms with Crippen LogP contribution in [0.1, 0.15) is 21.8 Å². The molecule has 3 aromatic heterocycles. The summed E-state index contributed by atoms with van der Waals surface area (Å²) in [6.07, 6.45) is 4.89. The van der Waals surface area contributed by atoms with Gasteiger partial charge >= 0.3 is 0 Å². The van der Waals surface area contributed by atoms with Gasteiger partial charge in [0.05, 0.1) is 17.0 Å². The Morgan fingerprint density at radius 3 is 2.56 bits per heavy atom. The predicted molar refractivity (Wildman–Crippen MR) is 146 cm³/mol. The molecule has 0 radical (unpaired) electrons. The molecule has 0 fully saturated rings. The topological polar surface area (TPSA) is 128 Å². The van der Waals surface area contributed by atoms with Crippen LogP contribution in [0.2, 0.25) is 0 Å². The van der Waals surface area contributed by atoms with E-state index in [-0.39, 0.29) is 18.4 Å². The van der Waals surface area contributed by atoms with Crippen LogP contribution >= 0.6 is 0 Å². The number of aromatic amines is 2. The number of benzene rings is 3. The fraction of sp³-hybridized carbons (Fsp3) is 0.0690. The second-order valence-corrected chi connectivity index (χ2v) is 8.98. The van der Waals surface area contributed by atoms with Crippen molar-refractivity contribution in [2.24, 2.45) is 0 Å². The van der Waals surface area contributed by atoms with Crippen LogP contribution < -0.4 is 10.6 Å². The number of H-pyrrole nitrogens is 2. The van der Waals surface area contributed by atoms with Crippen molar-refractivity contribution in [3.8, 4) is 11.5 Å². The zero-order valence-electron chi connectivity index (χ0n) is 20.5. The number of carbonyl (C=O) groups is 2. The van der Waals surface area contributed by atoms with Gasteiger partial charge in [-0.1, -0.05) is 36.4 Å². The molecule has 0 spiro atoms. The zero-order valence-corrected chi connectivity index (χ0v) is 20.5. The lowest BCUT2D eigenvalue weighted by atomic mass is 9.98. The maximum absolute atomic E-state index is 13.5. The molecule has 0 aliphatic rings. The number of nitrogens with zero attached hydrogens (tertiary/aromatic N) is 3. The summed E-state index contributed by atoms with van der Waals surface area (Å²) in [7, 11) is 0. The lowest BCUT2D eigenvalue weighted by Crippen LogP contribution is -2.34. The van der Waals surface area contributed by atoms with Crippen LogP contribution in [0.4, 0.5) is 10.3 Å². The van der Waals surface area contributed by atoms with Gasteiger partial charge in [0, 0.05) is 36.1 Å². The molecule has 3 heterocycles. The quantitative estimate of drug-likeness (QED) is 0.241. The molecule has 0 aliphatic heterocycles. The minimum atomic E-state index is -0.777. The highest BCUT2D eigenvalue weighted by molar-refractivity contribution is 5.99. The van der Waals surface area contributed by atoms with E-state index >= 15 is 0 Å². The third-order valence-corrected chi connectivity index (χ3v) is 6.41. The Morgan fingerprint density at radius 1 is 0.949 bits per heavy atom. The highest BCUT2D eigenvalue weighted by Gasteiger charge is 2.23. The van der Waals surface area contributed by atoms with Gasteiger partial charge in [0.15, 0.2) is 5.82 Å². The SMILES string of the molecule is O=C(NCC(C(=O)Nc1ncc[nH]1)c1ccc(F)cc1)c1ccc2nc(-c3cc4ccccc4cn3)[nH]c2c1. The average molecular weight is 520 g/mol. The maximum Gasteiger partial charge on any atom is 0.251 e. The number of imidazole rings is 2. The minimum absolute atomic E-state index is 0.00964. The Bertz CT molecular complexity index is 1800. The molecule has 0 aliphatic carbocycles. The van der Waals surface area contributed by atoms with E-state index < -0.39 is 17.6 Å². The number of aromatic nitrogens is 5. The average Bonchev–Trinajstić information content (AvgIpc) is 3.63. The first-order chi connectivity index (χ1) is 19.0. The molecule has 1 unspecified atom stereocenters. The molecule has 0 bridgehead atoms. The fourth-order valence-corrected chi connectivity index (χ4v) is 4.38. The summed E-state index contributed by atoms with van der Waals surface area (Å²) >= 11 is 0. The van der Waals surface area contributed by atoms with E-state index in [9.17, 15) is 14.0 Å². The van der Waals surface area contributed by atoms with Gasteiger partial charge in [0.1, 0.15) is 11.5 Å². The number of halogens is 1. The lowest BCUT2D eigenvalue weighted by molar-refractivity contribution is -0.117. The third-order valence-electron chi connectivity index (χ3n) is 6.41. The highest BCUT2D eigenvalue weighted by Crippen LogP contribution is 2.23. The second-order valence-electron chi connectivity index (χ2n) is 8.98. The zero-order chi connectivity index (χ0) is 26.8. The Labute approximate surface area is 221 Å². The molecule has 1 atom stereocenters. The highest BCUT2D eigenvalue weighted by atomic mass is 19.1. The standard InChI is InChI=1S/C29H22FN7O2/c30-21-8-5-17(6-9-21)22(28(39)37-29-31-11-12-32-29)16-34-27(38)19-7-10-23-24(14-19)36-26(35-23)25-13-18-3-1-2-4-20(18)15-33-25/h1-15,22H,16H2,(H,34,38)(H,35,36)(H2,31,32,37,39). The van der Waals surface area contributed by atoms with Gasteiger partial charge in [0.25, 0.3) is 5.91 Å². The Kier molecular flexibility index (Phi) is 6.26. The number of anilines is 1. The lowest BCUT2D eigenvalue weighted by Gasteiger charge is -2.17. The largest absolute Gasteiger partial charge is 0.351 e. The van der Waals surface area contributed by atoms with Crippen molar-refractivity contribution in [1.29, 1.82) is 0 Å². The molecule has 0 saturated heterocycles. The number of fused-ring (bicyclic) bond motifs is 2.